The number of rotatable bonds is 3. The van der Waals surface area contributed by atoms with Crippen LogP contribution in [-0.4, -0.2) is 56.9 Å². The lowest BCUT2D eigenvalue weighted by atomic mass is 10.1. The molecule has 1 amide bonds. The Morgan fingerprint density at radius 1 is 1.07 bits per heavy atom. The first kappa shape index (κ1) is 17.5. The molecule has 0 aliphatic carbocycles. The monoisotopic (exact) mass is 380 g/mol. The molecule has 4 heterocycles. The quantitative estimate of drug-likeness (QED) is 0.695. The van der Waals surface area contributed by atoms with Gasteiger partial charge in [-0.3, -0.25) is 14.8 Å². The minimum Gasteiger partial charge on any atom is -0.339 e. The Hall–Kier alpha value is -2.87. The molecule has 1 fully saturated rings. The van der Waals surface area contributed by atoms with E-state index < -0.39 is 0 Å². The fourth-order valence-electron chi connectivity index (χ4n) is 3.12. The number of nitrogens with zero attached hydrogens (tertiary/aromatic N) is 6. The van der Waals surface area contributed by atoms with Gasteiger partial charge in [0.05, 0.1) is 22.5 Å². The van der Waals surface area contributed by atoms with E-state index in [9.17, 15) is 4.79 Å². The maximum atomic E-state index is 11.5. The maximum absolute atomic E-state index is 11.5. The van der Waals surface area contributed by atoms with Crippen LogP contribution in [0.4, 0.5) is 5.95 Å². The van der Waals surface area contributed by atoms with Gasteiger partial charge in [-0.25, -0.2) is 9.97 Å². The number of amides is 1. The maximum Gasteiger partial charge on any atom is 0.226 e. The number of carbonyl (C=O) groups excluding carboxylic acids is 1. The summed E-state index contributed by atoms with van der Waals surface area (Å²) in [6.07, 6.45) is 6.89. The van der Waals surface area contributed by atoms with Gasteiger partial charge in [-0.2, -0.15) is 0 Å². The third-order valence-corrected chi connectivity index (χ3v) is 5.60. The average molecular weight is 380 g/mol. The van der Waals surface area contributed by atoms with Gasteiger partial charge in [-0.15, -0.1) is 11.3 Å². The minimum atomic E-state index is 0.114. The molecule has 1 aliphatic rings. The number of piperazine rings is 1. The van der Waals surface area contributed by atoms with Crippen LogP contribution in [0.15, 0.2) is 36.9 Å². The van der Waals surface area contributed by atoms with Gasteiger partial charge in [-0.1, -0.05) is 0 Å². The summed E-state index contributed by atoms with van der Waals surface area (Å²) in [6, 6.07) is 4.17. The Bertz CT molecular complexity index is 950. The SMILES string of the molecule is CC(=O)N1CCN(c2ncc(-c3cnccn3)c(-c3ccc(C)s3)n2)CC1. The molecule has 1 saturated heterocycles. The van der Waals surface area contributed by atoms with Crippen molar-refractivity contribution in [2.24, 2.45) is 0 Å². The second-order valence-electron chi connectivity index (χ2n) is 6.43. The second kappa shape index (κ2) is 7.40. The molecule has 0 aromatic carbocycles. The average Bonchev–Trinajstić information content (AvgIpc) is 3.14. The van der Waals surface area contributed by atoms with Gasteiger partial charge in [-0.05, 0) is 19.1 Å². The van der Waals surface area contributed by atoms with Crippen LogP contribution in [0.1, 0.15) is 11.8 Å². The van der Waals surface area contributed by atoms with Crippen molar-refractivity contribution in [2.75, 3.05) is 31.1 Å². The van der Waals surface area contributed by atoms with Crippen molar-refractivity contribution in [3.05, 3.63) is 41.8 Å². The van der Waals surface area contributed by atoms with Crippen LogP contribution in [0.3, 0.4) is 0 Å². The van der Waals surface area contributed by atoms with Crippen LogP contribution >= 0.6 is 11.3 Å². The Labute approximate surface area is 161 Å². The zero-order valence-electron chi connectivity index (χ0n) is 15.3. The number of hydrogen-bond donors (Lipinski definition) is 0. The van der Waals surface area contributed by atoms with Gasteiger partial charge < -0.3 is 9.80 Å². The fraction of sp³-hybridized carbons (Fsp3) is 0.316. The van der Waals surface area contributed by atoms with Crippen LogP contribution in [0.2, 0.25) is 0 Å². The predicted molar refractivity (Wildman–Crippen MR) is 106 cm³/mol. The van der Waals surface area contributed by atoms with Crippen LogP contribution in [0.25, 0.3) is 21.8 Å². The van der Waals surface area contributed by atoms with Crippen molar-refractivity contribution >= 4 is 23.2 Å². The predicted octanol–water partition coefficient (Wildman–Crippen LogP) is 2.64. The highest BCUT2D eigenvalue weighted by Crippen LogP contribution is 2.34. The van der Waals surface area contributed by atoms with Crippen LogP contribution in [-0.2, 0) is 4.79 Å². The van der Waals surface area contributed by atoms with Crippen LogP contribution in [0, 0.1) is 6.92 Å². The fourth-order valence-corrected chi connectivity index (χ4v) is 3.99. The first-order valence-corrected chi connectivity index (χ1v) is 9.64. The highest BCUT2D eigenvalue weighted by molar-refractivity contribution is 7.15. The Morgan fingerprint density at radius 2 is 1.89 bits per heavy atom. The van der Waals surface area contributed by atoms with E-state index in [2.05, 4.69) is 38.9 Å². The Kier molecular flexibility index (Phi) is 4.81. The lowest BCUT2D eigenvalue weighted by Gasteiger charge is -2.34. The number of anilines is 1. The number of carbonyl (C=O) groups is 1. The highest BCUT2D eigenvalue weighted by Gasteiger charge is 2.22. The molecule has 0 saturated carbocycles. The number of aromatic nitrogens is 4. The van der Waals surface area contributed by atoms with Crippen molar-refractivity contribution in [2.45, 2.75) is 13.8 Å². The molecule has 4 rings (SSSR count). The highest BCUT2D eigenvalue weighted by atomic mass is 32.1. The first-order chi connectivity index (χ1) is 13.1. The molecule has 138 valence electrons. The van der Waals surface area contributed by atoms with Gasteiger partial charge >= 0.3 is 0 Å². The van der Waals surface area contributed by atoms with Crippen molar-refractivity contribution in [3.8, 4) is 21.8 Å². The first-order valence-electron chi connectivity index (χ1n) is 8.82. The van der Waals surface area contributed by atoms with Gasteiger partial charge in [0.1, 0.15) is 0 Å². The number of hydrogen-bond acceptors (Lipinski definition) is 7. The van der Waals surface area contributed by atoms with Crippen LogP contribution < -0.4 is 4.90 Å². The molecule has 1 aliphatic heterocycles. The van der Waals surface area contributed by atoms with Crippen molar-refractivity contribution < 1.29 is 4.79 Å². The molecule has 3 aromatic heterocycles. The zero-order valence-corrected chi connectivity index (χ0v) is 16.1. The summed E-state index contributed by atoms with van der Waals surface area (Å²) in [4.78, 5) is 35.9. The number of aryl methyl sites for hydroxylation is 1. The molecule has 7 nitrogen and oxygen atoms in total. The molecule has 3 aromatic rings. The summed E-state index contributed by atoms with van der Waals surface area (Å²) in [6.45, 7) is 6.54. The van der Waals surface area contributed by atoms with E-state index in [0.29, 0.717) is 19.0 Å². The van der Waals surface area contributed by atoms with Gasteiger partial charge in [0.25, 0.3) is 0 Å². The van der Waals surface area contributed by atoms with E-state index in [1.54, 1.807) is 36.9 Å². The van der Waals surface area contributed by atoms with Crippen molar-refractivity contribution in [1.82, 2.24) is 24.8 Å². The summed E-state index contributed by atoms with van der Waals surface area (Å²) < 4.78 is 0. The largest absolute Gasteiger partial charge is 0.339 e. The van der Waals surface area contributed by atoms with E-state index >= 15 is 0 Å². The van der Waals surface area contributed by atoms with Crippen molar-refractivity contribution in [3.63, 3.8) is 0 Å². The van der Waals surface area contributed by atoms with E-state index in [4.69, 9.17) is 4.98 Å². The topological polar surface area (TPSA) is 75.1 Å². The standard InChI is InChI=1S/C19H20N6OS/c1-13-3-4-17(27-13)18-15(16-12-20-5-6-21-16)11-22-19(23-18)25-9-7-24(8-10-25)14(2)26/h3-6,11-12H,7-10H2,1-2H3. The molecule has 0 N–H and O–H groups in total. The molecule has 0 spiro atoms. The third kappa shape index (κ3) is 3.66. The molecule has 8 heteroatoms. The molecular weight excluding hydrogens is 360 g/mol. The molecule has 0 bridgehead atoms. The van der Waals surface area contributed by atoms with Gasteiger partial charge in [0.2, 0.25) is 11.9 Å². The number of thiophene rings is 1. The third-order valence-electron chi connectivity index (χ3n) is 4.60. The summed E-state index contributed by atoms with van der Waals surface area (Å²) in [5.41, 5.74) is 2.50. The molecule has 0 atom stereocenters. The summed E-state index contributed by atoms with van der Waals surface area (Å²) >= 11 is 1.70. The van der Waals surface area contributed by atoms with Gasteiger partial charge in [0.15, 0.2) is 0 Å². The zero-order chi connectivity index (χ0) is 18.8. The summed E-state index contributed by atoms with van der Waals surface area (Å²) in [7, 11) is 0. The summed E-state index contributed by atoms with van der Waals surface area (Å²) in [5, 5.41) is 0. The van der Waals surface area contributed by atoms with E-state index in [1.807, 2.05) is 11.1 Å². The Balaban J connectivity index is 1.70. The van der Waals surface area contributed by atoms with Crippen LogP contribution in [0.5, 0.6) is 0 Å². The summed E-state index contributed by atoms with van der Waals surface area (Å²) in [5.74, 6) is 0.801. The van der Waals surface area contributed by atoms with Gasteiger partial charge in [0, 0.05) is 62.1 Å². The lowest BCUT2D eigenvalue weighted by molar-refractivity contribution is -0.129. The molecule has 0 radical (unpaired) electrons. The molecule has 27 heavy (non-hydrogen) atoms. The lowest BCUT2D eigenvalue weighted by Crippen LogP contribution is -2.48. The second-order valence-corrected chi connectivity index (χ2v) is 7.71. The normalized spacial score (nSPS) is 14.4. The molecule has 0 unspecified atom stereocenters. The Morgan fingerprint density at radius 3 is 2.52 bits per heavy atom. The van der Waals surface area contributed by atoms with E-state index in [-0.39, 0.29) is 5.91 Å². The van der Waals surface area contributed by atoms with E-state index in [1.165, 1.54) is 4.88 Å². The van der Waals surface area contributed by atoms with Crippen molar-refractivity contribution in [1.29, 1.82) is 0 Å². The minimum absolute atomic E-state index is 0.114. The smallest absolute Gasteiger partial charge is 0.226 e. The van der Waals surface area contributed by atoms with E-state index in [0.717, 1.165) is 34.9 Å². The molecular formula is C19H20N6OS.